The van der Waals surface area contributed by atoms with Crippen molar-refractivity contribution in [2.45, 2.75) is 39.8 Å². The van der Waals surface area contributed by atoms with E-state index in [-0.39, 0.29) is 29.5 Å². The third kappa shape index (κ3) is 5.45. The van der Waals surface area contributed by atoms with Crippen LogP contribution in [-0.4, -0.2) is 26.9 Å². The summed E-state index contributed by atoms with van der Waals surface area (Å²) in [6.07, 6.45) is -4.87. The molecule has 3 aromatic rings. The molecular weight excluding hydrogens is 478 g/mol. The fourth-order valence-electron chi connectivity index (χ4n) is 3.01. The van der Waals surface area contributed by atoms with Gasteiger partial charge in [-0.25, -0.2) is 9.78 Å². The molecule has 0 saturated heterocycles. The first-order chi connectivity index (χ1) is 15.3. The number of alkyl halides is 3. The van der Waals surface area contributed by atoms with Gasteiger partial charge in [-0.05, 0) is 56.5 Å². The molecule has 1 aromatic heterocycles. The first-order valence-electron chi connectivity index (χ1n) is 9.93. The van der Waals surface area contributed by atoms with Crippen LogP contribution < -0.4 is 5.69 Å². The van der Waals surface area contributed by atoms with Gasteiger partial charge in [0.1, 0.15) is 17.0 Å². The maximum absolute atomic E-state index is 13.1. The minimum Gasteiger partial charge on any atom is -0.299 e. The molecule has 0 unspecified atom stereocenters. The molecule has 0 atom stereocenters. The predicted octanol–water partition coefficient (Wildman–Crippen LogP) is 6.20. The van der Waals surface area contributed by atoms with Crippen molar-refractivity contribution in [3.05, 3.63) is 68.1 Å². The Morgan fingerprint density at radius 1 is 1.03 bits per heavy atom. The van der Waals surface area contributed by atoms with Crippen molar-refractivity contribution in [3.63, 3.8) is 0 Å². The highest BCUT2D eigenvalue weighted by molar-refractivity contribution is 6.33. The Labute approximate surface area is 198 Å². The summed E-state index contributed by atoms with van der Waals surface area (Å²) in [4.78, 5) is 35.2. The van der Waals surface area contributed by atoms with Gasteiger partial charge in [-0.2, -0.15) is 18.2 Å². The van der Waals surface area contributed by atoms with Crippen LogP contribution in [0, 0.1) is 12.3 Å². The van der Waals surface area contributed by atoms with E-state index in [0.29, 0.717) is 21.7 Å². The molecule has 1 N–H and O–H groups in total. The Morgan fingerprint density at radius 2 is 1.73 bits per heavy atom. The molecule has 0 saturated carbocycles. The number of aryl methyl sites for hydroxylation is 2. The van der Waals surface area contributed by atoms with Crippen molar-refractivity contribution in [2.24, 2.45) is 5.41 Å². The first kappa shape index (κ1) is 24.9. The zero-order valence-electron chi connectivity index (χ0n) is 18.0. The normalized spacial score (nSPS) is 12.1. The van der Waals surface area contributed by atoms with E-state index in [1.54, 1.807) is 30.3 Å². The SMILES string of the molecule is Cc1ccc(-c2nc(-c3cc(CCC(=O)C(C)(C)C(F)(F)F)ccc3Cl)[nH]c(=O)n2)cc1Cl. The molecule has 0 aliphatic carbocycles. The van der Waals surface area contributed by atoms with E-state index in [4.69, 9.17) is 23.2 Å². The van der Waals surface area contributed by atoms with E-state index in [0.717, 1.165) is 19.4 Å². The van der Waals surface area contributed by atoms with Crippen molar-refractivity contribution in [3.8, 4) is 22.8 Å². The number of aromatic nitrogens is 3. The fourth-order valence-corrected chi connectivity index (χ4v) is 3.40. The molecule has 0 fully saturated rings. The number of nitrogens with zero attached hydrogens (tertiary/aromatic N) is 2. The second-order valence-electron chi connectivity index (χ2n) is 8.15. The number of rotatable bonds is 6. The summed E-state index contributed by atoms with van der Waals surface area (Å²) in [6, 6.07) is 9.87. The number of benzene rings is 2. The molecule has 0 aliphatic rings. The van der Waals surface area contributed by atoms with Crippen molar-refractivity contribution in [1.29, 1.82) is 0 Å². The summed E-state index contributed by atoms with van der Waals surface area (Å²) in [6.45, 7) is 3.57. The summed E-state index contributed by atoms with van der Waals surface area (Å²) >= 11 is 12.5. The van der Waals surface area contributed by atoms with E-state index < -0.39 is 23.1 Å². The van der Waals surface area contributed by atoms with Crippen LogP contribution in [0.15, 0.2) is 41.2 Å². The third-order valence-corrected chi connectivity index (χ3v) is 6.15. The van der Waals surface area contributed by atoms with E-state index in [2.05, 4.69) is 15.0 Å². The number of halogens is 5. The van der Waals surface area contributed by atoms with Gasteiger partial charge in [0.05, 0.1) is 5.02 Å². The Hall–Kier alpha value is -2.71. The van der Waals surface area contributed by atoms with Crippen molar-refractivity contribution in [2.75, 3.05) is 0 Å². The minimum atomic E-state index is -4.63. The zero-order valence-corrected chi connectivity index (χ0v) is 19.5. The summed E-state index contributed by atoms with van der Waals surface area (Å²) in [5, 5.41) is 0.757. The summed E-state index contributed by atoms with van der Waals surface area (Å²) < 4.78 is 39.3. The van der Waals surface area contributed by atoms with Gasteiger partial charge in [0.25, 0.3) is 0 Å². The molecule has 3 rings (SSSR count). The van der Waals surface area contributed by atoms with E-state index in [1.807, 2.05) is 6.92 Å². The van der Waals surface area contributed by atoms with Gasteiger partial charge in [0.2, 0.25) is 0 Å². The van der Waals surface area contributed by atoms with Crippen LogP contribution in [0.1, 0.15) is 31.4 Å². The fraction of sp³-hybridized carbons (Fsp3) is 0.304. The maximum atomic E-state index is 13.1. The number of H-pyrrole nitrogens is 1. The van der Waals surface area contributed by atoms with E-state index in [9.17, 15) is 22.8 Å². The molecule has 0 spiro atoms. The van der Waals surface area contributed by atoms with Gasteiger partial charge in [0.15, 0.2) is 5.82 Å². The Balaban J connectivity index is 1.92. The quantitative estimate of drug-likeness (QED) is 0.439. The number of hydrogen-bond acceptors (Lipinski definition) is 4. The average molecular weight is 498 g/mol. The number of nitrogens with one attached hydrogen (secondary N) is 1. The Kier molecular flexibility index (Phi) is 7.00. The number of carbonyl (C=O) groups excluding carboxylic acids is 1. The number of hydrogen-bond donors (Lipinski definition) is 1. The highest BCUT2D eigenvalue weighted by atomic mass is 35.5. The molecule has 174 valence electrons. The molecule has 2 aromatic carbocycles. The monoisotopic (exact) mass is 497 g/mol. The molecule has 0 amide bonds. The van der Waals surface area contributed by atoms with Gasteiger partial charge in [-0.3, -0.25) is 9.78 Å². The average Bonchev–Trinajstić information content (AvgIpc) is 2.73. The third-order valence-electron chi connectivity index (χ3n) is 5.41. The van der Waals surface area contributed by atoms with Crippen molar-refractivity contribution in [1.82, 2.24) is 15.0 Å². The van der Waals surface area contributed by atoms with Gasteiger partial charge in [0, 0.05) is 22.6 Å². The van der Waals surface area contributed by atoms with Gasteiger partial charge in [-0.15, -0.1) is 0 Å². The molecule has 10 heteroatoms. The van der Waals surface area contributed by atoms with E-state index in [1.165, 1.54) is 6.07 Å². The van der Waals surface area contributed by atoms with Crippen LogP contribution in [0.2, 0.25) is 10.0 Å². The molecule has 5 nitrogen and oxygen atoms in total. The van der Waals surface area contributed by atoms with Crippen LogP contribution >= 0.6 is 23.2 Å². The number of carbonyl (C=O) groups is 1. The molecular formula is C23H20Cl2F3N3O2. The van der Waals surface area contributed by atoms with Crippen LogP contribution in [0.5, 0.6) is 0 Å². The smallest absolute Gasteiger partial charge is 0.299 e. The highest BCUT2D eigenvalue weighted by Gasteiger charge is 2.51. The lowest BCUT2D eigenvalue weighted by Crippen LogP contribution is -2.39. The summed E-state index contributed by atoms with van der Waals surface area (Å²) in [5.74, 6) is -0.643. The van der Waals surface area contributed by atoms with E-state index >= 15 is 0 Å². The van der Waals surface area contributed by atoms with Crippen molar-refractivity contribution >= 4 is 29.0 Å². The Morgan fingerprint density at radius 3 is 2.36 bits per heavy atom. The first-order valence-corrected chi connectivity index (χ1v) is 10.7. The van der Waals surface area contributed by atoms with Gasteiger partial charge in [-0.1, -0.05) is 41.4 Å². The maximum Gasteiger partial charge on any atom is 0.400 e. The lowest BCUT2D eigenvalue weighted by molar-refractivity contribution is -0.210. The highest BCUT2D eigenvalue weighted by Crippen LogP contribution is 2.39. The molecule has 0 radical (unpaired) electrons. The molecule has 0 aliphatic heterocycles. The second kappa shape index (κ2) is 9.27. The second-order valence-corrected chi connectivity index (χ2v) is 8.96. The van der Waals surface area contributed by atoms with Crippen LogP contribution in [-0.2, 0) is 11.2 Å². The Bertz CT molecular complexity index is 1270. The topological polar surface area (TPSA) is 75.7 Å². The standard InChI is InChI=1S/C23H20Cl2F3N3O2/c1-12-4-7-14(11-17(12)25)19-29-20(31-21(33)30-19)15-10-13(5-8-16(15)24)6-9-18(32)22(2,3)23(26,27)28/h4-5,7-8,10-11H,6,9H2,1-3H3,(H,29,30,31,33). The summed E-state index contributed by atoms with van der Waals surface area (Å²) in [7, 11) is 0. The predicted molar refractivity (Wildman–Crippen MR) is 121 cm³/mol. The van der Waals surface area contributed by atoms with Crippen LogP contribution in [0.3, 0.4) is 0 Å². The zero-order chi connectivity index (χ0) is 24.6. The lowest BCUT2D eigenvalue weighted by atomic mass is 9.84. The van der Waals surface area contributed by atoms with Gasteiger partial charge >= 0.3 is 11.9 Å². The summed E-state index contributed by atoms with van der Waals surface area (Å²) in [5.41, 5.74) is -0.787. The lowest BCUT2D eigenvalue weighted by Gasteiger charge is -2.26. The number of ketones is 1. The van der Waals surface area contributed by atoms with Crippen LogP contribution in [0.25, 0.3) is 22.8 Å². The minimum absolute atomic E-state index is 0.0677. The van der Waals surface area contributed by atoms with Crippen molar-refractivity contribution < 1.29 is 18.0 Å². The van der Waals surface area contributed by atoms with Crippen LogP contribution in [0.4, 0.5) is 13.2 Å². The number of Topliss-reactive ketones (excluding diaryl/α,β-unsaturated/α-hetero) is 1. The number of aromatic amines is 1. The molecule has 0 bridgehead atoms. The molecule has 33 heavy (non-hydrogen) atoms. The molecule has 1 heterocycles. The van der Waals surface area contributed by atoms with Gasteiger partial charge < -0.3 is 0 Å². The largest absolute Gasteiger partial charge is 0.400 e.